The molecule has 1 amide bonds. The Kier molecular flexibility index (Phi) is 9.22. The van der Waals surface area contributed by atoms with E-state index in [-0.39, 0.29) is 17.0 Å². The van der Waals surface area contributed by atoms with Crippen molar-refractivity contribution < 1.29 is 17.9 Å². The first kappa shape index (κ1) is 23.5. The highest BCUT2D eigenvalue weighted by atomic mass is 35.7. The van der Waals surface area contributed by atoms with Gasteiger partial charge in [-0.25, -0.2) is 13.2 Å². The van der Waals surface area contributed by atoms with Gasteiger partial charge in [-0.3, -0.25) is 0 Å². The summed E-state index contributed by atoms with van der Waals surface area (Å²) in [7, 11) is 3.27. The summed E-state index contributed by atoms with van der Waals surface area (Å²) in [5.41, 5.74) is 0.577. The quantitative estimate of drug-likeness (QED) is 0.551. The fourth-order valence-corrected chi connectivity index (χ4v) is 2.38. The highest BCUT2D eigenvalue weighted by Crippen LogP contribution is 2.14. The van der Waals surface area contributed by atoms with Crippen LogP contribution in [0.4, 0.5) is 4.79 Å². The number of carbonyl (C=O) groups excluding carboxylic acids is 1. The van der Waals surface area contributed by atoms with E-state index in [0.717, 1.165) is 12.0 Å². The van der Waals surface area contributed by atoms with Gasteiger partial charge in [-0.1, -0.05) is 23.8 Å². The smallest absolute Gasteiger partial charge is 0.410 e. The fourth-order valence-electron chi connectivity index (χ4n) is 1.61. The number of ether oxygens (including phenoxy) is 1. The maximum atomic E-state index is 11.5. The first-order valence-corrected chi connectivity index (χ1v) is 10.2. The first-order valence-electron chi connectivity index (χ1n) is 7.86. The second kappa shape index (κ2) is 9.82. The monoisotopic (exact) mass is 389 g/mol. The van der Waals surface area contributed by atoms with E-state index >= 15 is 0 Å². The second-order valence-corrected chi connectivity index (χ2v) is 9.28. The van der Waals surface area contributed by atoms with Crippen molar-refractivity contribution >= 4 is 25.8 Å². The Balaban J connectivity index is 0.000000472. The van der Waals surface area contributed by atoms with Crippen LogP contribution in [0.2, 0.25) is 0 Å². The molecule has 7 heteroatoms. The molecule has 1 aromatic rings. The van der Waals surface area contributed by atoms with E-state index in [9.17, 15) is 13.2 Å². The number of benzene rings is 1. The summed E-state index contributed by atoms with van der Waals surface area (Å²) in [4.78, 5) is 13.3. The number of hydrogen-bond acceptors (Lipinski definition) is 4. The van der Waals surface area contributed by atoms with Crippen LogP contribution in [-0.2, 0) is 13.8 Å². The molecular weight excluding hydrogens is 362 g/mol. The lowest BCUT2D eigenvalue weighted by Crippen LogP contribution is -2.39. The van der Waals surface area contributed by atoms with Gasteiger partial charge in [0.15, 0.2) is 0 Å². The van der Waals surface area contributed by atoms with Crippen LogP contribution >= 0.6 is 10.7 Å². The summed E-state index contributed by atoms with van der Waals surface area (Å²) in [6.07, 6.45) is 2.29. The number of nitrogens with zero attached hydrogens (tertiary/aromatic N) is 1. The van der Waals surface area contributed by atoms with E-state index < -0.39 is 14.7 Å². The summed E-state index contributed by atoms with van der Waals surface area (Å²) in [5, 5.41) is 0. The standard InChI is InChI=1S/C11H21NO2.C7H7ClO2S/c1-7-8-9(2)12(6)10(13)14-11(3,4)5;1-6-2-4-7(5-3-6)11(8,9)10/h7,9H,1,8H2,2-6H3;2-5H,1H3/t9-;/m0./s1. The molecule has 0 radical (unpaired) electrons. The van der Waals surface area contributed by atoms with Crippen molar-refractivity contribution in [3.8, 4) is 0 Å². The molecule has 0 unspecified atom stereocenters. The number of hydrogen-bond donors (Lipinski definition) is 0. The third-order valence-electron chi connectivity index (χ3n) is 3.15. The number of carbonyl (C=O) groups is 1. The normalized spacial score (nSPS) is 12.4. The molecule has 1 aromatic carbocycles. The SMILES string of the molecule is C=CC[C@H](C)N(C)C(=O)OC(C)(C)C.Cc1ccc(S(=O)(=O)Cl)cc1. The van der Waals surface area contributed by atoms with Gasteiger partial charge >= 0.3 is 6.09 Å². The van der Waals surface area contributed by atoms with E-state index in [2.05, 4.69) is 6.58 Å². The van der Waals surface area contributed by atoms with Crippen molar-refractivity contribution in [2.45, 2.75) is 57.6 Å². The molecule has 142 valence electrons. The van der Waals surface area contributed by atoms with Crippen LogP contribution in [0.5, 0.6) is 0 Å². The molecule has 0 aliphatic rings. The molecule has 1 rings (SSSR count). The molecule has 0 heterocycles. The van der Waals surface area contributed by atoms with Crippen molar-refractivity contribution in [3.05, 3.63) is 42.5 Å². The Bertz CT molecular complexity index is 663. The Morgan fingerprint density at radius 2 is 1.80 bits per heavy atom. The number of rotatable bonds is 4. The number of aryl methyl sites for hydroxylation is 1. The van der Waals surface area contributed by atoms with E-state index in [0.29, 0.717) is 0 Å². The zero-order valence-electron chi connectivity index (χ0n) is 15.7. The molecule has 1 atom stereocenters. The lowest BCUT2D eigenvalue weighted by Gasteiger charge is -2.28. The molecule has 5 nitrogen and oxygen atoms in total. The van der Waals surface area contributed by atoms with Crippen molar-refractivity contribution in [1.29, 1.82) is 0 Å². The fraction of sp³-hybridized carbons (Fsp3) is 0.500. The molecule has 0 spiro atoms. The topological polar surface area (TPSA) is 63.7 Å². The van der Waals surface area contributed by atoms with Crippen LogP contribution in [0.3, 0.4) is 0 Å². The largest absolute Gasteiger partial charge is 0.444 e. The van der Waals surface area contributed by atoms with Crippen LogP contribution in [0.25, 0.3) is 0 Å². The zero-order chi connectivity index (χ0) is 19.8. The summed E-state index contributed by atoms with van der Waals surface area (Å²) < 4.78 is 26.6. The van der Waals surface area contributed by atoms with Gasteiger partial charge in [-0.15, -0.1) is 6.58 Å². The molecule has 0 saturated heterocycles. The lowest BCUT2D eigenvalue weighted by molar-refractivity contribution is 0.0238. The van der Waals surface area contributed by atoms with Crippen molar-refractivity contribution in [1.82, 2.24) is 4.90 Å². The molecular formula is C18H28ClNO4S. The van der Waals surface area contributed by atoms with Crippen molar-refractivity contribution in [3.63, 3.8) is 0 Å². The van der Waals surface area contributed by atoms with Crippen molar-refractivity contribution in [2.24, 2.45) is 0 Å². The van der Waals surface area contributed by atoms with E-state index in [1.54, 1.807) is 30.2 Å². The molecule has 0 fully saturated rings. The van der Waals surface area contributed by atoms with Gasteiger partial charge in [0, 0.05) is 23.8 Å². The van der Waals surface area contributed by atoms with Gasteiger partial charge in [0.05, 0.1) is 4.90 Å². The average molecular weight is 390 g/mol. The molecule has 0 aliphatic heterocycles. The lowest BCUT2D eigenvalue weighted by atomic mass is 10.2. The van der Waals surface area contributed by atoms with Crippen LogP contribution < -0.4 is 0 Å². The maximum Gasteiger partial charge on any atom is 0.410 e. The van der Waals surface area contributed by atoms with Gasteiger partial charge in [-0.2, -0.15) is 0 Å². The molecule has 0 N–H and O–H groups in total. The van der Waals surface area contributed by atoms with Gasteiger partial charge in [0.2, 0.25) is 0 Å². The van der Waals surface area contributed by atoms with E-state index in [1.165, 1.54) is 12.1 Å². The molecule has 0 bridgehead atoms. The molecule has 0 aromatic heterocycles. The average Bonchev–Trinajstić information content (AvgIpc) is 2.45. The van der Waals surface area contributed by atoms with Crippen LogP contribution in [-0.4, -0.2) is 38.1 Å². The predicted octanol–water partition coefficient (Wildman–Crippen LogP) is 4.74. The molecule has 25 heavy (non-hydrogen) atoms. The van der Waals surface area contributed by atoms with Gasteiger partial charge < -0.3 is 9.64 Å². The van der Waals surface area contributed by atoms with Gasteiger partial charge in [0.25, 0.3) is 9.05 Å². The summed E-state index contributed by atoms with van der Waals surface area (Å²) >= 11 is 0. The second-order valence-electron chi connectivity index (χ2n) is 6.72. The van der Waals surface area contributed by atoms with E-state index in [1.807, 2.05) is 34.6 Å². The Morgan fingerprint density at radius 3 is 2.16 bits per heavy atom. The van der Waals surface area contributed by atoms with Crippen LogP contribution in [0, 0.1) is 6.92 Å². The number of halogens is 1. The van der Waals surface area contributed by atoms with Gasteiger partial charge in [0.1, 0.15) is 5.60 Å². The first-order chi connectivity index (χ1) is 11.3. The highest BCUT2D eigenvalue weighted by Gasteiger charge is 2.22. The minimum atomic E-state index is -3.55. The van der Waals surface area contributed by atoms with Gasteiger partial charge in [-0.05, 0) is 53.2 Å². The summed E-state index contributed by atoms with van der Waals surface area (Å²) in [5.74, 6) is 0. The zero-order valence-corrected chi connectivity index (χ0v) is 17.3. The number of amides is 1. The third-order valence-corrected chi connectivity index (χ3v) is 4.52. The maximum absolute atomic E-state index is 11.5. The minimum Gasteiger partial charge on any atom is -0.444 e. The Hall–Kier alpha value is -1.53. The Morgan fingerprint density at radius 1 is 1.32 bits per heavy atom. The Labute approximate surface area is 156 Å². The summed E-state index contributed by atoms with van der Waals surface area (Å²) in [6.45, 7) is 13.1. The van der Waals surface area contributed by atoms with Crippen LogP contribution in [0.1, 0.15) is 39.7 Å². The molecule has 0 aliphatic carbocycles. The van der Waals surface area contributed by atoms with Crippen LogP contribution in [0.15, 0.2) is 41.8 Å². The van der Waals surface area contributed by atoms with Crippen molar-refractivity contribution in [2.75, 3.05) is 7.05 Å². The predicted molar refractivity (Wildman–Crippen MR) is 102 cm³/mol. The molecule has 0 saturated carbocycles. The minimum absolute atomic E-state index is 0.127. The summed E-state index contributed by atoms with van der Waals surface area (Å²) in [6, 6.07) is 6.50. The van der Waals surface area contributed by atoms with E-state index in [4.69, 9.17) is 15.4 Å². The highest BCUT2D eigenvalue weighted by molar-refractivity contribution is 8.13. The third kappa shape index (κ3) is 10.1.